The summed E-state index contributed by atoms with van der Waals surface area (Å²) in [6.45, 7) is 7.64. The van der Waals surface area contributed by atoms with Crippen LogP contribution in [-0.4, -0.2) is 21.2 Å². The number of nitrogens with one attached hydrogen (secondary N) is 1. The molecule has 2 aromatic carbocycles. The molecule has 1 saturated carbocycles. The topological polar surface area (TPSA) is 56.2 Å². The first-order valence-electron chi connectivity index (χ1n) is 10.6. The van der Waals surface area contributed by atoms with E-state index < -0.39 is 5.60 Å². The van der Waals surface area contributed by atoms with Gasteiger partial charge in [-0.3, -0.25) is 0 Å². The molecule has 6 heteroatoms. The lowest BCUT2D eigenvalue weighted by atomic mass is 10.0. The number of amides is 1. The van der Waals surface area contributed by atoms with Crippen molar-refractivity contribution in [1.29, 1.82) is 0 Å². The molecule has 3 aromatic rings. The molecule has 0 aliphatic heterocycles. The number of benzene rings is 2. The fourth-order valence-electron chi connectivity index (χ4n) is 3.81. The third-order valence-electron chi connectivity index (χ3n) is 5.66. The third kappa shape index (κ3) is 4.63. The van der Waals surface area contributed by atoms with Crippen molar-refractivity contribution in [3.8, 4) is 11.3 Å². The normalized spacial score (nSPS) is 15.9. The minimum atomic E-state index is -0.524. The second-order valence-corrected chi connectivity index (χ2v) is 9.20. The molecule has 1 unspecified atom stereocenters. The number of nitrogens with zero attached hydrogens (tertiary/aromatic N) is 2. The Kier molecular flexibility index (Phi) is 5.33. The second kappa shape index (κ2) is 7.84. The van der Waals surface area contributed by atoms with E-state index in [0.717, 1.165) is 35.2 Å². The van der Waals surface area contributed by atoms with Crippen LogP contribution in [0.2, 0.25) is 0 Å². The van der Waals surface area contributed by atoms with Crippen molar-refractivity contribution in [1.82, 2.24) is 14.9 Å². The fourth-order valence-corrected chi connectivity index (χ4v) is 3.81. The molecule has 1 heterocycles. The number of imidazole rings is 1. The monoisotopic (exact) mass is 421 g/mol. The lowest BCUT2D eigenvalue weighted by Gasteiger charge is -2.24. The summed E-state index contributed by atoms with van der Waals surface area (Å²) in [5, 5.41) is 3.04. The summed E-state index contributed by atoms with van der Waals surface area (Å²) in [4.78, 5) is 16.6. The molecule has 0 spiro atoms. The van der Waals surface area contributed by atoms with Crippen molar-refractivity contribution < 1.29 is 13.9 Å². The number of aromatic nitrogens is 2. The first-order valence-corrected chi connectivity index (χ1v) is 10.6. The number of rotatable bonds is 5. The molecule has 1 fully saturated rings. The van der Waals surface area contributed by atoms with E-state index in [1.165, 1.54) is 12.1 Å². The number of hydrogen-bond acceptors (Lipinski definition) is 3. The van der Waals surface area contributed by atoms with E-state index in [1.54, 1.807) is 18.5 Å². The molecular formula is C25H28FN3O2. The van der Waals surface area contributed by atoms with Crippen LogP contribution in [0.4, 0.5) is 9.18 Å². The minimum Gasteiger partial charge on any atom is -0.444 e. The molecule has 31 heavy (non-hydrogen) atoms. The van der Waals surface area contributed by atoms with Crippen LogP contribution in [0.15, 0.2) is 61.1 Å². The SMILES string of the molecule is CC(c1ccc(F)cc1)n1cncc1-c1ccc(C2(NC(=O)OC(C)(C)C)CC2)cc1. The quantitative estimate of drug-likeness (QED) is 0.565. The van der Waals surface area contributed by atoms with Crippen molar-refractivity contribution in [3.63, 3.8) is 0 Å². The van der Waals surface area contributed by atoms with Crippen LogP contribution in [0.25, 0.3) is 11.3 Å². The zero-order valence-electron chi connectivity index (χ0n) is 18.4. The van der Waals surface area contributed by atoms with Gasteiger partial charge in [-0.05, 0) is 69.4 Å². The molecule has 0 radical (unpaired) electrons. The molecular weight excluding hydrogens is 393 g/mol. The summed E-state index contributed by atoms with van der Waals surface area (Å²) in [5.41, 5.74) is 3.22. The van der Waals surface area contributed by atoms with Crippen LogP contribution < -0.4 is 5.32 Å². The van der Waals surface area contributed by atoms with Crippen LogP contribution in [0.1, 0.15) is 57.7 Å². The first kappa shape index (κ1) is 21.1. The summed E-state index contributed by atoms with van der Waals surface area (Å²) in [5.74, 6) is -0.244. The highest BCUT2D eigenvalue weighted by atomic mass is 19.1. The summed E-state index contributed by atoms with van der Waals surface area (Å²) < 4.78 is 20.8. The number of alkyl carbamates (subject to hydrolysis) is 1. The number of ether oxygens (including phenoxy) is 1. The Balaban J connectivity index is 1.53. The van der Waals surface area contributed by atoms with Gasteiger partial charge < -0.3 is 14.6 Å². The van der Waals surface area contributed by atoms with E-state index in [4.69, 9.17) is 4.74 Å². The molecule has 1 aliphatic carbocycles. The Hall–Kier alpha value is -3.15. The largest absolute Gasteiger partial charge is 0.444 e. The van der Waals surface area contributed by atoms with Crippen molar-refractivity contribution >= 4 is 6.09 Å². The van der Waals surface area contributed by atoms with Gasteiger partial charge in [0, 0.05) is 0 Å². The van der Waals surface area contributed by atoms with E-state index in [1.807, 2.05) is 27.0 Å². The van der Waals surface area contributed by atoms with Crippen LogP contribution >= 0.6 is 0 Å². The maximum atomic E-state index is 13.3. The van der Waals surface area contributed by atoms with Crippen molar-refractivity contribution in [2.75, 3.05) is 0 Å². The average molecular weight is 422 g/mol. The van der Waals surface area contributed by atoms with Gasteiger partial charge in [0.1, 0.15) is 11.4 Å². The summed E-state index contributed by atoms with van der Waals surface area (Å²) in [6, 6.07) is 14.8. The standard InChI is InChI=1S/C25H28FN3O2/c1-17(18-7-11-21(26)12-8-18)29-16-27-15-22(29)19-5-9-20(10-6-19)25(13-14-25)28-23(30)31-24(2,3)4/h5-12,15-17H,13-14H2,1-4H3,(H,28,30). The zero-order valence-corrected chi connectivity index (χ0v) is 18.4. The van der Waals surface area contributed by atoms with Gasteiger partial charge in [-0.15, -0.1) is 0 Å². The Labute approximate surface area is 182 Å². The molecule has 4 rings (SSSR count). The summed E-state index contributed by atoms with van der Waals surface area (Å²) in [6.07, 6.45) is 5.03. The van der Waals surface area contributed by atoms with Crippen LogP contribution in [0, 0.1) is 5.82 Å². The zero-order chi connectivity index (χ0) is 22.2. The molecule has 1 N–H and O–H groups in total. The number of halogens is 1. The van der Waals surface area contributed by atoms with Crippen LogP contribution in [0.5, 0.6) is 0 Å². The van der Waals surface area contributed by atoms with E-state index in [-0.39, 0.29) is 23.5 Å². The molecule has 1 atom stereocenters. The Bertz CT molecular complexity index is 1060. The highest BCUT2D eigenvalue weighted by molar-refractivity contribution is 5.70. The van der Waals surface area contributed by atoms with E-state index in [0.29, 0.717) is 0 Å². The first-order chi connectivity index (χ1) is 14.7. The van der Waals surface area contributed by atoms with Gasteiger partial charge in [-0.25, -0.2) is 14.2 Å². The van der Waals surface area contributed by atoms with E-state index in [9.17, 15) is 9.18 Å². The lowest BCUT2D eigenvalue weighted by molar-refractivity contribution is 0.0495. The summed E-state index contributed by atoms with van der Waals surface area (Å²) >= 11 is 0. The molecule has 1 aromatic heterocycles. The van der Waals surface area contributed by atoms with Crippen molar-refractivity contribution in [2.24, 2.45) is 0 Å². The Morgan fingerprint density at radius 1 is 1.13 bits per heavy atom. The maximum Gasteiger partial charge on any atom is 0.408 e. The molecule has 1 aliphatic rings. The van der Waals surface area contributed by atoms with Gasteiger partial charge in [-0.2, -0.15) is 0 Å². The fraction of sp³-hybridized carbons (Fsp3) is 0.360. The second-order valence-electron chi connectivity index (χ2n) is 9.20. The predicted octanol–water partition coefficient (Wildman–Crippen LogP) is 5.81. The molecule has 0 saturated heterocycles. The van der Waals surface area contributed by atoms with Crippen LogP contribution in [-0.2, 0) is 10.3 Å². The smallest absolute Gasteiger partial charge is 0.408 e. The van der Waals surface area contributed by atoms with Crippen molar-refractivity contribution in [2.45, 2.75) is 57.7 Å². The summed E-state index contributed by atoms with van der Waals surface area (Å²) in [7, 11) is 0. The molecule has 0 bridgehead atoms. The highest BCUT2D eigenvalue weighted by Crippen LogP contribution is 2.46. The van der Waals surface area contributed by atoms with E-state index in [2.05, 4.69) is 46.1 Å². The number of hydrogen-bond donors (Lipinski definition) is 1. The van der Waals surface area contributed by atoms with Gasteiger partial charge in [0.2, 0.25) is 0 Å². The van der Waals surface area contributed by atoms with Gasteiger partial charge in [0.15, 0.2) is 0 Å². The molecule has 5 nitrogen and oxygen atoms in total. The Morgan fingerprint density at radius 2 is 1.77 bits per heavy atom. The number of carbonyl (C=O) groups excluding carboxylic acids is 1. The van der Waals surface area contributed by atoms with Gasteiger partial charge in [-0.1, -0.05) is 36.4 Å². The maximum absolute atomic E-state index is 13.3. The van der Waals surface area contributed by atoms with E-state index >= 15 is 0 Å². The third-order valence-corrected chi connectivity index (χ3v) is 5.66. The average Bonchev–Trinajstić information content (AvgIpc) is 3.31. The molecule has 1 amide bonds. The van der Waals surface area contributed by atoms with Gasteiger partial charge in [0.05, 0.1) is 29.8 Å². The van der Waals surface area contributed by atoms with Crippen LogP contribution in [0.3, 0.4) is 0 Å². The lowest BCUT2D eigenvalue weighted by Crippen LogP contribution is -2.39. The van der Waals surface area contributed by atoms with Gasteiger partial charge in [0.25, 0.3) is 0 Å². The molecule has 162 valence electrons. The highest BCUT2D eigenvalue weighted by Gasteiger charge is 2.46. The van der Waals surface area contributed by atoms with Gasteiger partial charge >= 0.3 is 6.09 Å². The minimum absolute atomic E-state index is 0.0152. The Morgan fingerprint density at radius 3 is 2.35 bits per heavy atom. The predicted molar refractivity (Wildman–Crippen MR) is 118 cm³/mol. The van der Waals surface area contributed by atoms with Crippen molar-refractivity contribution in [3.05, 3.63) is 78.0 Å². The number of carbonyl (C=O) groups is 1.